The first-order valence-corrected chi connectivity index (χ1v) is 6.98. The van der Waals surface area contributed by atoms with Crippen LogP contribution in [-0.4, -0.2) is 29.8 Å². The molecule has 1 aromatic carbocycles. The molecule has 2 rings (SSSR count). The fourth-order valence-electron chi connectivity index (χ4n) is 2.22. The van der Waals surface area contributed by atoms with Gasteiger partial charge < -0.3 is 14.2 Å². The van der Waals surface area contributed by atoms with Gasteiger partial charge in [-0.3, -0.25) is 14.9 Å². The van der Waals surface area contributed by atoms with E-state index in [1.54, 1.807) is 39.0 Å². The monoisotopic (exact) mass is 309 g/mol. The van der Waals surface area contributed by atoms with Crippen molar-refractivity contribution in [3.63, 3.8) is 0 Å². The van der Waals surface area contributed by atoms with Gasteiger partial charge in [-0.15, -0.1) is 0 Å². The van der Waals surface area contributed by atoms with E-state index in [4.69, 9.17) is 14.2 Å². The average Bonchev–Trinajstić information content (AvgIpc) is 2.81. The standard InChI is InChI=1S/C15H19NO6/c1-15(2,3)22-14(17)7-11(8-16(18)19)10-4-5-12-13(6-10)21-9-20-12/h4-6,11H,7-9H2,1-3H3. The molecule has 1 unspecified atom stereocenters. The molecule has 0 aliphatic carbocycles. The van der Waals surface area contributed by atoms with Gasteiger partial charge in [0.05, 0.1) is 12.3 Å². The molecule has 120 valence electrons. The summed E-state index contributed by atoms with van der Waals surface area (Å²) in [5.74, 6) is 0.104. The highest BCUT2D eigenvalue weighted by Gasteiger charge is 2.26. The maximum absolute atomic E-state index is 12.0. The molecule has 0 aromatic heterocycles. The van der Waals surface area contributed by atoms with Crippen LogP contribution in [0.4, 0.5) is 0 Å². The van der Waals surface area contributed by atoms with Crippen LogP contribution in [0, 0.1) is 10.1 Å². The van der Waals surface area contributed by atoms with E-state index in [1.165, 1.54) is 0 Å². The number of nitro groups is 1. The molecule has 7 heteroatoms. The van der Waals surface area contributed by atoms with Crippen molar-refractivity contribution in [2.24, 2.45) is 0 Å². The van der Waals surface area contributed by atoms with E-state index in [-0.39, 0.29) is 19.8 Å². The zero-order valence-corrected chi connectivity index (χ0v) is 12.8. The van der Waals surface area contributed by atoms with Crippen molar-refractivity contribution in [2.45, 2.75) is 38.7 Å². The third-order valence-electron chi connectivity index (χ3n) is 3.07. The van der Waals surface area contributed by atoms with E-state index in [9.17, 15) is 14.9 Å². The molecule has 1 aliphatic rings. The molecular formula is C15H19NO6. The summed E-state index contributed by atoms with van der Waals surface area (Å²) in [5.41, 5.74) is 0.0392. The average molecular weight is 309 g/mol. The molecule has 0 N–H and O–H groups in total. The second-order valence-corrected chi connectivity index (χ2v) is 6.12. The van der Waals surface area contributed by atoms with Crippen LogP contribution < -0.4 is 9.47 Å². The van der Waals surface area contributed by atoms with Crippen LogP contribution in [0.1, 0.15) is 38.7 Å². The smallest absolute Gasteiger partial charge is 0.307 e. The maximum atomic E-state index is 12.0. The fraction of sp³-hybridized carbons (Fsp3) is 0.533. The largest absolute Gasteiger partial charge is 0.460 e. The van der Waals surface area contributed by atoms with Crippen LogP contribution in [0.15, 0.2) is 18.2 Å². The van der Waals surface area contributed by atoms with E-state index in [0.717, 1.165) is 0 Å². The third-order valence-corrected chi connectivity index (χ3v) is 3.07. The topological polar surface area (TPSA) is 87.9 Å². The number of hydrogen-bond acceptors (Lipinski definition) is 6. The van der Waals surface area contributed by atoms with Gasteiger partial charge in [0, 0.05) is 4.92 Å². The van der Waals surface area contributed by atoms with Gasteiger partial charge in [0.25, 0.3) is 0 Å². The van der Waals surface area contributed by atoms with Gasteiger partial charge in [0.1, 0.15) is 5.60 Å². The quantitative estimate of drug-likeness (QED) is 0.472. The van der Waals surface area contributed by atoms with Crippen molar-refractivity contribution < 1.29 is 23.9 Å². The summed E-state index contributed by atoms with van der Waals surface area (Å²) in [7, 11) is 0. The van der Waals surface area contributed by atoms with Crippen molar-refractivity contribution >= 4 is 5.97 Å². The van der Waals surface area contributed by atoms with Crippen LogP contribution in [0.25, 0.3) is 0 Å². The normalized spacial score (nSPS) is 14.5. The third kappa shape index (κ3) is 4.34. The Kier molecular flexibility index (Phi) is 4.54. The highest BCUT2D eigenvalue weighted by Crippen LogP contribution is 2.35. The zero-order chi connectivity index (χ0) is 16.3. The van der Waals surface area contributed by atoms with Gasteiger partial charge in [0.15, 0.2) is 11.5 Å². The molecular weight excluding hydrogens is 290 g/mol. The first-order valence-electron chi connectivity index (χ1n) is 6.98. The molecule has 0 saturated carbocycles. The Labute approximate surface area is 128 Å². The second-order valence-electron chi connectivity index (χ2n) is 6.12. The van der Waals surface area contributed by atoms with Crippen LogP contribution >= 0.6 is 0 Å². The molecule has 0 spiro atoms. The Balaban J connectivity index is 2.15. The molecule has 1 aliphatic heterocycles. The molecule has 0 amide bonds. The highest BCUT2D eigenvalue weighted by molar-refractivity contribution is 5.71. The van der Waals surface area contributed by atoms with Gasteiger partial charge in [0.2, 0.25) is 13.3 Å². The number of fused-ring (bicyclic) bond motifs is 1. The minimum atomic E-state index is -0.620. The van der Waals surface area contributed by atoms with E-state index in [0.29, 0.717) is 17.1 Å². The summed E-state index contributed by atoms with van der Waals surface area (Å²) in [6.45, 7) is 5.06. The lowest BCUT2D eigenvalue weighted by atomic mass is 9.95. The molecule has 1 aromatic rings. The molecule has 0 saturated heterocycles. The minimum Gasteiger partial charge on any atom is -0.460 e. The van der Waals surface area contributed by atoms with Gasteiger partial charge in [-0.05, 0) is 38.5 Å². The molecule has 0 bridgehead atoms. The van der Waals surface area contributed by atoms with E-state index in [2.05, 4.69) is 0 Å². The van der Waals surface area contributed by atoms with Gasteiger partial charge in [-0.25, -0.2) is 0 Å². The summed E-state index contributed by atoms with van der Waals surface area (Å²) < 4.78 is 15.7. The lowest BCUT2D eigenvalue weighted by molar-refractivity contribution is -0.483. The van der Waals surface area contributed by atoms with Crippen LogP contribution in [0.5, 0.6) is 11.5 Å². The summed E-state index contributed by atoms with van der Waals surface area (Å²) in [6, 6.07) is 5.09. The molecule has 7 nitrogen and oxygen atoms in total. The molecule has 0 fully saturated rings. The number of benzene rings is 1. The lowest BCUT2D eigenvalue weighted by Gasteiger charge is -2.21. The number of carbonyl (C=O) groups is 1. The number of carbonyl (C=O) groups excluding carboxylic acids is 1. The number of esters is 1. The van der Waals surface area contributed by atoms with E-state index >= 15 is 0 Å². The van der Waals surface area contributed by atoms with Crippen molar-refractivity contribution in [1.82, 2.24) is 0 Å². The van der Waals surface area contributed by atoms with Crippen LogP contribution in [-0.2, 0) is 9.53 Å². The zero-order valence-electron chi connectivity index (χ0n) is 12.8. The Hall–Kier alpha value is -2.31. The van der Waals surface area contributed by atoms with Gasteiger partial charge in [-0.1, -0.05) is 6.07 Å². The van der Waals surface area contributed by atoms with Crippen LogP contribution in [0.2, 0.25) is 0 Å². The first kappa shape index (κ1) is 16.1. The van der Waals surface area contributed by atoms with Crippen molar-refractivity contribution in [1.29, 1.82) is 0 Å². The Bertz CT molecular complexity index is 578. The van der Waals surface area contributed by atoms with Gasteiger partial charge >= 0.3 is 5.97 Å². The number of rotatable bonds is 5. The predicted octanol–water partition coefficient (Wildman–Crippen LogP) is 2.51. The Morgan fingerprint density at radius 1 is 1.36 bits per heavy atom. The maximum Gasteiger partial charge on any atom is 0.307 e. The summed E-state index contributed by atoms with van der Waals surface area (Å²) in [4.78, 5) is 22.4. The van der Waals surface area contributed by atoms with Crippen molar-refractivity contribution in [3.05, 3.63) is 33.9 Å². The molecule has 22 heavy (non-hydrogen) atoms. The summed E-state index contributed by atoms with van der Waals surface area (Å²) in [6.07, 6.45) is -0.0576. The Morgan fingerprint density at radius 2 is 2.05 bits per heavy atom. The number of hydrogen-bond donors (Lipinski definition) is 0. The summed E-state index contributed by atoms with van der Waals surface area (Å²) in [5, 5.41) is 10.9. The molecule has 1 heterocycles. The highest BCUT2D eigenvalue weighted by atomic mass is 16.7. The predicted molar refractivity (Wildman–Crippen MR) is 77.6 cm³/mol. The SMILES string of the molecule is CC(C)(C)OC(=O)CC(C[N+](=O)[O-])c1ccc2c(c1)OCO2. The van der Waals surface area contributed by atoms with Crippen molar-refractivity contribution in [3.8, 4) is 11.5 Å². The summed E-state index contributed by atoms with van der Waals surface area (Å²) >= 11 is 0. The van der Waals surface area contributed by atoms with Gasteiger partial charge in [-0.2, -0.15) is 0 Å². The Morgan fingerprint density at radius 3 is 2.68 bits per heavy atom. The minimum absolute atomic E-state index is 0.0576. The fourth-order valence-corrected chi connectivity index (χ4v) is 2.22. The van der Waals surface area contributed by atoms with Crippen molar-refractivity contribution in [2.75, 3.05) is 13.3 Å². The second kappa shape index (κ2) is 6.21. The number of ether oxygens (including phenoxy) is 3. The molecule has 1 atom stereocenters. The lowest BCUT2D eigenvalue weighted by Crippen LogP contribution is -2.26. The molecule has 0 radical (unpaired) electrons. The van der Waals surface area contributed by atoms with Crippen LogP contribution in [0.3, 0.4) is 0 Å². The number of nitrogens with zero attached hydrogens (tertiary/aromatic N) is 1. The van der Waals surface area contributed by atoms with E-state index < -0.39 is 22.4 Å². The first-order chi connectivity index (χ1) is 10.2. The van der Waals surface area contributed by atoms with E-state index in [1.807, 2.05) is 0 Å².